The minimum atomic E-state index is -0.781. The molecular formula is C12H13FO2. The largest absolute Gasteiger partial charge is 0.481 e. The van der Waals surface area contributed by atoms with Crippen LogP contribution in [-0.2, 0) is 10.2 Å². The number of benzene rings is 1. The Morgan fingerprint density at radius 3 is 2.67 bits per heavy atom. The van der Waals surface area contributed by atoms with Crippen molar-refractivity contribution in [2.45, 2.75) is 31.6 Å². The highest BCUT2D eigenvalue weighted by molar-refractivity contribution is 5.70. The third kappa shape index (κ3) is 1.87. The number of halogens is 1. The van der Waals surface area contributed by atoms with Gasteiger partial charge in [0.15, 0.2) is 0 Å². The summed E-state index contributed by atoms with van der Waals surface area (Å²) in [6, 6.07) is 4.60. The first-order valence-electron chi connectivity index (χ1n) is 5.02. The number of rotatable bonds is 3. The molecule has 1 aliphatic rings. The van der Waals surface area contributed by atoms with Gasteiger partial charge in [-0.15, -0.1) is 0 Å². The summed E-state index contributed by atoms with van der Waals surface area (Å²) in [5, 5.41) is 8.82. The Hall–Kier alpha value is -1.38. The standard InChI is InChI=1S/C12H13FO2/c1-8-6-9(13)2-3-10(8)12(4-5-12)7-11(14)15/h2-3,6H,4-5,7H2,1H3,(H,14,15). The van der Waals surface area contributed by atoms with Crippen molar-refractivity contribution in [1.29, 1.82) is 0 Å². The van der Waals surface area contributed by atoms with Gasteiger partial charge in [0.05, 0.1) is 6.42 Å². The van der Waals surface area contributed by atoms with E-state index in [0.717, 1.165) is 24.0 Å². The van der Waals surface area contributed by atoms with Gasteiger partial charge in [-0.05, 0) is 43.0 Å². The summed E-state index contributed by atoms with van der Waals surface area (Å²) >= 11 is 0. The number of hydrogen-bond acceptors (Lipinski definition) is 1. The SMILES string of the molecule is Cc1cc(F)ccc1C1(CC(=O)O)CC1. The lowest BCUT2D eigenvalue weighted by Gasteiger charge is -2.15. The van der Waals surface area contributed by atoms with E-state index in [1.165, 1.54) is 12.1 Å². The third-order valence-corrected chi connectivity index (χ3v) is 3.10. The molecule has 0 saturated heterocycles. The van der Waals surface area contributed by atoms with E-state index in [4.69, 9.17) is 5.11 Å². The quantitative estimate of drug-likeness (QED) is 0.829. The smallest absolute Gasteiger partial charge is 0.304 e. The summed E-state index contributed by atoms with van der Waals surface area (Å²) in [5.74, 6) is -1.04. The van der Waals surface area contributed by atoms with Crippen molar-refractivity contribution >= 4 is 5.97 Å². The highest BCUT2D eigenvalue weighted by atomic mass is 19.1. The summed E-state index contributed by atoms with van der Waals surface area (Å²) < 4.78 is 12.9. The topological polar surface area (TPSA) is 37.3 Å². The molecule has 1 N–H and O–H groups in total. The van der Waals surface area contributed by atoms with Crippen LogP contribution in [-0.4, -0.2) is 11.1 Å². The number of carboxylic acids is 1. The third-order valence-electron chi connectivity index (χ3n) is 3.10. The van der Waals surface area contributed by atoms with Crippen molar-refractivity contribution in [1.82, 2.24) is 0 Å². The van der Waals surface area contributed by atoms with Crippen LogP contribution in [0.15, 0.2) is 18.2 Å². The fourth-order valence-electron chi connectivity index (χ4n) is 2.20. The van der Waals surface area contributed by atoms with E-state index in [1.807, 2.05) is 6.92 Å². The van der Waals surface area contributed by atoms with Crippen molar-refractivity contribution in [2.75, 3.05) is 0 Å². The first-order valence-corrected chi connectivity index (χ1v) is 5.02. The fourth-order valence-corrected chi connectivity index (χ4v) is 2.20. The summed E-state index contributed by atoms with van der Waals surface area (Å²) in [6.07, 6.45) is 1.94. The molecule has 0 aromatic heterocycles. The second-order valence-corrected chi connectivity index (χ2v) is 4.31. The molecule has 3 heteroatoms. The van der Waals surface area contributed by atoms with Gasteiger partial charge in [-0.1, -0.05) is 6.07 Å². The molecule has 1 fully saturated rings. The lowest BCUT2D eigenvalue weighted by molar-refractivity contribution is -0.137. The molecule has 2 nitrogen and oxygen atoms in total. The summed E-state index contributed by atoms with van der Waals surface area (Å²) in [6.45, 7) is 1.83. The zero-order chi connectivity index (χ0) is 11.1. The molecule has 0 heterocycles. The Bertz CT molecular complexity index is 408. The number of carbonyl (C=O) groups is 1. The van der Waals surface area contributed by atoms with Gasteiger partial charge in [-0.2, -0.15) is 0 Å². The van der Waals surface area contributed by atoms with Crippen LogP contribution >= 0.6 is 0 Å². The Balaban J connectivity index is 2.33. The monoisotopic (exact) mass is 208 g/mol. The second-order valence-electron chi connectivity index (χ2n) is 4.31. The van der Waals surface area contributed by atoms with Crippen molar-refractivity contribution in [3.63, 3.8) is 0 Å². The van der Waals surface area contributed by atoms with Gasteiger partial charge in [0.1, 0.15) is 5.82 Å². The van der Waals surface area contributed by atoms with E-state index < -0.39 is 5.97 Å². The summed E-state index contributed by atoms with van der Waals surface area (Å²) in [7, 11) is 0. The minimum Gasteiger partial charge on any atom is -0.481 e. The van der Waals surface area contributed by atoms with Gasteiger partial charge in [-0.3, -0.25) is 4.79 Å². The highest BCUT2D eigenvalue weighted by Gasteiger charge is 2.46. The van der Waals surface area contributed by atoms with Gasteiger partial charge >= 0.3 is 5.97 Å². The van der Waals surface area contributed by atoms with Gasteiger partial charge in [0.2, 0.25) is 0 Å². The average Bonchev–Trinajstić information content (AvgIpc) is 2.83. The van der Waals surface area contributed by atoms with Crippen LogP contribution in [0.25, 0.3) is 0 Å². The van der Waals surface area contributed by atoms with Crippen LogP contribution < -0.4 is 0 Å². The van der Waals surface area contributed by atoms with E-state index in [9.17, 15) is 9.18 Å². The second kappa shape index (κ2) is 3.33. The average molecular weight is 208 g/mol. The maximum Gasteiger partial charge on any atom is 0.304 e. The van der Waals surface area contributed by atoms with E-state index >= 15 is 0 Å². The molecule has 1 aliphatic carbocycles. The molecule has 0 atom stereocenters. The summed E-state index contributed by atoms with van der Waals surface area (Å²) in [5.41, 5.74) is 1.63. The van der Waals surface area contributed by atoms with Crippen molar-refractivity contribution in [3.05, 3.63) is 35.1 Å². The molecule has 0 bridgehead atoms. The molecule has 0 radical (unpaired) electrons. The van der Waals surface area contributed by atoms with Crippen LogP contribution in [0.2, 0.25) is 0 Å². The van der Waals surface area contributed by atoms with Crippen LogP contribution in [0.4, 0.5) is 4.39 Å². The number of carboxylic acid groups (broad SMARTS) is 1. The normalized spacial score (nSPS) is 17.5. The zero-order valence-corrected chi connectivity index (χ0v) is 8.59. The van der Waals surface area contributed by atoms with Crippen molar-refractivity contribution < 1.29 is 14.3 Å². The molecule has 0 unspecified atom stereocenters. The van der Waals surface area contributed by atoms with Crippen molar-refractivity contribution in [2.24, 2.45) is 0 Å². The van der Waals surface area contributed by atoms with Crippen LogP contribution in [0.1, 0.15) is 30.4 Å². The zero-order valence-electron chi connectivity index (χ0n) is 8.59. The Morgan fingerprint density at radius 1 is 1.53 bits per heavy atom. The lowest BCUT2D eigenvalue weighted by atomic mass is 9.89. The first kappa shape index (κ1) is 10.1. The maximum absolute atomic E-state index is 12.9. The molecule has 15 heavy (non-hydrogen) atoms. The van der Waals surface area contributed by atoms with Gasteiger partial charge in [-0.25, -0.2) is 4.39 Å². The fraction of sp³-hybridized carbons (Fsp3) is 0.417. The predicted molar refractivity (Wildman–Crippen MR) is 54.3 cm³/mol. The molecule has 0 spiro atoms. The molecule has 1 saturated carbocycles. The van der Waals surface area contributed by atoms with Crippen LogP contribution in [0.5, 0.6) is 0 Å². The Kier molecular flexibility index (Phi) is 2.25. The Morgan fingerprint density at radius 2 is 2.20 bits per heavy atom. The predicted octanol–water partition coefficient (Wildman–Crippen LogP) is 2.64. The maximum atomic E-state index is 12.9. The highest BCUT2D eigenvalue weighted by Crippen LogP contribution is 2.52. The minimum absolute atomic E-state index is 0.152. The van der Waals surface area contributed by atoms with E-state index in [2.05, 4.69) is 0 Å². The number of hydrogen-bond donors (Lipinski definition) is 1. The molecule has 1 aromatic carbocycles. The van der Waals surface area contributed by atoms with Crippen LogP contribution in [0, 0.1) is 12.7 Å². The number of aryl methyl sites for hydroxylation is 1. The van der Waals surface area contributed by atoms with Gasteiger partial charge < -0.3 is 5.11 Å². The van der Waals surface area contributed by atoms with Gasteiger partial charge in [0.25, 0.3) is 0 Å². The van der Waals surface area contributed by atoms with E-state index in [0.29, 0.717) is 0 Å². The van der Waals surface area contributed by atoms with Crippen molar-refractivity contribution in [3.8, 4) is 0 Å². The Labute approximate surface area is 87.7 Å². The van der Waals surface area contributed by atoms with Crippen LogP contribution in [0.3, 0.4) is 0 Å². The number of aliphatic carboxylic acids is 1. The lowest BCUT2D eigenvalue weighted by Crippen LogP contribution is -2.14. The van der Waals surface area contributed by atoms with E-state index in [-0.39, 0.29) is 17.7 Å². The van der Waals surface area contributed by atoms with E-state index in [1.54, 1.807) is 6.07 Å². The molecular weight excluding hydrogens is 195 g/mol. The molecule has 2 rings (SSSR count). The molecule has 1 aromatic rings. The first-order chi connectivity index (χ1) is 7.03. The summed E-state index contributed by atoms with van der Waals surface area (Å²) in [4.78, 5) is 10.7. The molecule has 0 aliphatic heterocycles. The van der Waals surface area contributed by atoms with Gasteiger partial charge in [0, 0.05) is 5.41 Å². The molecule has 80 valence electrons. The molecule has 0 amide bonds.